The van der Waals surface area contributed by atoms with Crippen molar-refractivity contribution in [3.8, 4) is 5.75 Å². The van der Waals surface area contributed by atoms with Crippen molar-refractivity contribution in [2.75, 3.05) is 5.32 Å². The average Bonchev–Trinajstić information content (AvgIpc) is 3.13. The van der Waals surface area contributed by atoms with Crippen LogP contribution in [-0.4, -0.2) is 25.4 Å². The Morgan fingerprint density at radius 3 is 2.79 bits per heavy atom. The average molecular weight is 449 g/mol. The Bertz CT molecular complexity index is 1350. The van der Waals surface area contributed by atoms with Crippen molar-refractivity contribution in [1.29, 1.82) is 0 Å². The predicted molar refractivity (Wildman–Crippen MR) is 118 cm³/mol. The minimum absolute atomic E-state index is 0.118. The number of carbonyl (C=O) groups is 1. The van der Waals surface area contributed by atoms with Crippen LogP contribution >= 0.6 is 0 Å². The number of hydrogen-bond acceptors (Lipinski definition) is 8. The van der Waals surface area contributed by atoms with Gasteiger partial charge < -0.3 is 14.5 Å². The number of nitro benzene ring substituents is 1. The lowest BCUT2D eigenvalue weighted by molar-refractivity contribution is -0.384. The van der Waals surface area contributed by atoms with Crippen molar-refractivity contribution in [3.05, 3.63) is 87.3 Å². The van der Waals surface area contributed by atoms with Gasteiger partial charge >= 0.3 is 5.76 Å². The molecule has 0 aliphatic carbocycles. The molecular weight excluding hydrogens is 430 g/mol. The smallest absolute Gasteiger partial charge is 0.419 e. The highest BCUT2D eigenvalue weighted by Gasteiger charge is 2.15. The number of aromatic nitrogens is 3. The fourth-order valence-corrected chi connectivity index (χ4v) is 3.21. The van der Waals surface area contributed by atoms with Crippen molar-refractivity contribution in [1.82, 2.24) is 14.5 Å². The first-order chi connectivity index (χ1) is 16.0. The SMILES string of the molecule is O=C(CCCn1c(=O)oc2cc([N+](=O)[O-])ccc21)Nc1ncccc1OCc1ccncc1. The first-order valence-corrected chi connectivity index (χ1v) is 10.1. The van der Waals surface area contributed by atoms with E-state index in [1.807, 2.05) is 12.1 Å². The highest BCUT2D eigenvalue weighted by atomic mass is 16.6. The predicted octanol–water partition coefficient (Wildman–Crippen LogP) is 3.29. The summed E-state index contributed by atoms with van der Waals surface area (Å²) in [7, 11) is 0. The number of nitrogens with zero attached hydrogens (tertiary/aromatic N) is 4. The van der Waals surface area contributed by atoms with Gasteiger partial charge in [-0.15, -0.1) is 0 Å². The van der Waals surface area contributed by atoms with Gasteiger partial charge in [-0.25, -0.2) is 9.78 Å². The molecule has 33 heavy (non-hydrogen) atoms. The summed E-state index contributed by atoms with van der Waals surface area (Å²) in [4.78, 5) is 43.0. The van der Waals surface area contributed by atoms with E-state index < -0.39 is 10.7 Å². The van der Waals surface area contributed by atoms with Crippen LogP contribution in [0.4, 0.5) is 11.5 Å². The van der Waals surface area contributed by atoms with Gasteiger partial charge in [0, 0.05) is 37.6 Å². The maximum absolute atomic E-state index is 12.4. The number of nitrogens with one attached hydrogen (secondary N) is 1. The summed E-state index contributed by atoms with van der Waals surface area (Å²) >= 11 is 0. The highest BCUT2D eigenvalue weighted by Crippen LogP contribution is 2.23. The third-order valence-corrected chi connectivity index (χ3v) is 4.82. The minimum Gasteiger partial charge on any atom is -0.485 e. The van der Waals surface area contributed by atoms with Crippen molar-refractivity contribution in [2.45, 2.75) is 26.0 Å². The van der Waals surface area contributed by atoms with E-state index >= 15 is 0 Å². The molecule has 1 aromatic carbocycles. The number of aryl methyl sites for hydroxylation is 1. The zero-order valence-electron chi connectivity index (χ0n) is 17.3. The first kappa shape index (κ1) is 21.7. The molecule has 0 spiro atoms. The Balaban J connectivity index is 1.35. The first-order valence-electron chi connectivity index (χ1n) is 10.1. The van der Waals surface area contributed by atoms with Gasteiger partial charge in [0.2, 0.25) is 5.91 Å². The summed E-state index contributed by atoms with van der Waals surface area (Å²) in [6, 6.07) is 11.0. The maximum atomic E-state index is 12.4. The molecule has 0 atom stereocenters. The van der Waals surface area contributed by atoms with E-state index in [1.54, 1.807) is 30.7 Å². The van der Waals surface area contributed by atoms with Crippen LogP contribution in [0.3, 0.4) is 0 Å². The second kappa shape index (κ2) is 9.73. The van der Waals surface area contributed by atoms with Crippen LogP contribution in [-0.2, 0) is 17.9 Å². The van der Waals surface area contributed by atoms with Crippen LogP contribution in [0.2, 0.25) is 0 Å². The van der Waals surface area contributed by atoms with Gasteiger partial charge in [-0.2, -0.15) is 0 Å². The van der Waals surface area contributed by atoms with E-state index in [9.17, 15) is 19.7 Å². The monoisotopic (exact) mass is 449 g/mol. The minimum atomic E-state index is -0.637. The molecule has 0 radical (unpaired) electrons. The van der Waals surface area contributed by atoms with Crippen LogP contribution < -0.4 is 15.8 Å². The number of oxazole rings is 1. The Morgan fingerprint density at radius 1 is 1.18 bits per heavy atom. The Hall–Kier alpha value is -4.54. The number of non-ortho nitro benzene ring substituents is 1. The van der Waals surface area contributed by atoms with Crippen LogP contribution in [0.1, 0.15) is 18.4 Å². The summed E-state index contributed by atoms with van der Waals surface area (Å²) in [5, 5.41) is 13.6. The molecule has 1 N–H and O–H groups in total. The molecule has 4 aromatic rings. The second-order valence-electron chi connectivity index (χ2n) is 7.07. The molecule has 11 heteroatoms. The molecule has 3 aromatic heterocycles. The number of anilines is 1. The van der Waals surface area contributed by atoms with Gasteiger partial charge in [-0.3, -0.25) is 24.5 Å². The molecule has 0 saturated carbocycles. The lowest BCUT2D eigenvalue weighted by Crippen LogP contribution is -2.17. The summed E-state index contributed by atoms with van der Waals surface area (Å²) in [5.74, 6) is -0.197. The third-order valence-electron chi connectivity index (χ3n) is 4.82. The van der Waals surface area contributed by atoms with Gasteiger partial charge in [0.05, 0.1) is 16.5 Å². The van der Waals surface area contributed by atoms with Crippen LogP contribution in [0, 0.1) is 10.1 Å². The quantitative estimate of drug-likeness (QED) is 0.303. The lowest BCUT2D eigenvalue weighted by Gasteiger charge is -2.11. The summed E-state index contributed by atoms with van der Waals surface area (Å²) in [6.07, 6.45) is 5.34. The highest BCUT2D eigenvalue weighted by molar-refractivity contribution is 5.91. The van der Waals surface area contributed by atoms with Gasteiger partial charge in [-0.05, 0) is 42.3 Å². The molecule has 0 aliphatic heterocycles. The van der Waals surface area contributed by atoms with Crippen molar-refractivity contribution < 1.29 is 18.9 Å². The molecule has 4 rings (SSSR count). The number of hydrogen-bond donors (Lipinski definition) is 1. The zero-order valence-corrected chi connectivity index (χ0v) is 17.3. The topological polar surface area (TPSA) is 142 Å². The summed E-state index contributed by atoms with van der Waals surface area (Å²) in [6.45, 7) is 0.510. The van der Waals surface area contributed by atoms with Crippen molar-refractivity contribution in [2.24, 2.45) is 0 Å². The number of fused-ring (bicyclic) bond motifs is 1. The van der Waals surface area contributed by atoms with Gasteiger partial charge in [0.25, 0.3) is 5.69 Å². The number of amides is 1. The summed E-state index contributed by atoms with van der Waals surface area (Å²) < 4.78 is 12.2. The number of benzene rings is 1. The van der Waals surface area contributed by atoms with Crippen LogP contribution in [0.5, 0.6) is 5.75 Å². The molecule has 11 nitrogen and oxygen atoms in total. The van der Waals surface area contributed by atoms with E-state index in [1.165, 1.54) is 22.8 Å². The normalized spacial score (nSPS) is 10.8. The van der Waals surface area contributed by atoms with Crippen molar-refractivity contribution >= 4 is 28.5 Å². The Morgan fingerprint density at radius 2 is 2.00 bits per heavy atom. The van der Waals surface area contributed by atoms with Gasteiger partial charge in [-0.1, -0.05) is 0 Å². The van der Waals surface area contributed by atoms with E-state index in [0.717, 1.165) is 5.56 Å². The van der Waals surface area contributed by atoms with E-state index in [0.29, 0.717) is 30.1 Å². The number of nitro groups is 1. The fraction of sp³-hybridized carbons (Fsp3) is 0.182. The maximum Gasteiger partial charge on any atom is 0.419 e. The molecule has 1 amide bonds. The zero-order chi connectivity index (χ0) is 23.2. The Kier molecular flexibility index (Phi) is 6.39. The molecule has 0 saturated heterocycles. The fourth-order valence-electron chi connectivity index (χ4n) is 3.21. The number of pyridine rings is 2. The van der Waals surface area contributed by atoms with E-state index in [4.69, 9.17) is 9.15 Å². The Labute approximate surface area is 186 Å². The summed E-state index contributed by atoms with van der Waals surface area (Å²) in [5.41, 5.74) is 1.32. The van der Waals surface area contributed by atoms with Gasteiger partial charge in [0.15, 0.2) is 17.2 Å². The van der Waals surface area contributed by atoms with Crippen LogP contribution in [0.15, 0.2) is 70.3 Å². The number of rotatable bonds is 9. The molecule has 0 bridgehead atoms. The number of ether oxygens (including phenoxy) is 1. The van der Waals surface area contributed by atoms with Crippen molar-refractivity contribution in [3.63, 3.8) is 0 Å². The van der Waals surface area contributed by atoms with E-state index in [2.05, 4.69) is 15.3 Å². The molecule has 0 unspecified atom stereocenters. The lowest BCUT2D eigenvalue weighted by atomic mass is 10.2. The molecular formula is C22H19N5O6. The standard InChI is InChI=1S/C22H19N5O6/c28-20(25-21-18(3-1-9-24-21)32-14-15-7-10-23-11-8-15)4-2-12-26-17-6-5-16(27(30)31)13-19(17)33-22(26)29/h1,3,5-11,13H,2,4,12,14H2,(H,24,25,28). The number of carbonyl (C=O) groups excluding carboxylic acids is 1. The van der Waals surface area contributed by atoms with Crippen LogP contribution in [0.25, 0.3) is 11.1 Å². The van der Waals surface area contributed by atoms with Gasteiger partial charge in [0.1, 0.15) is 6.61 Å². The molecule has 0 aliphatic rings. The largest absolute Gasteiger partial charge is 0.485 e. The third kappa shape index (κ3) is 5.21. The van der Waals surface area contributed by atoms with E-state index in [-0.39, 0.29) is 30.1 Å². The second-order valence-corrected chi connectivity index (χ2v) is 7.07. The molecule has 168 valence electrons. The molecule has 0 fully saturated rings. The molecule has 3 heterocycles.